The molecular weight excluding hydrogens is 615 g/mol. The first kappa shape index (κ1) is 33.2. The lowest BCUT2D eigenvalue weighted by molar-refractivity contribution is -0.152. The molecule has 1 aromatic carbocycles. The number of likely N-dealkylation sites (tertiary alicyclic amines) is 1. The van der Waals surface area contributed by atoms with Gasteiger partial charge in [0, 0.05) is 25.2 Å². The number of nitrogens with zero attached hydrogens (tertiary/aromatic N) is 4. The highest BCUT2D eigenvalue weighted by Crippen LogP contribution is 2.43. The van der Waals surface area contributed by atoms with Crippen molar-refractivity contribution >= 4 is 40.9 Å². The molecule has 43 heavy (non-hydrogen) atoms. The number of carbonyl (C=O) groups is 3. The Morgan fingerprint density at radius 1 is 1.09 bits per heavy atom. The van der Waals surface area contributed by atoms with Gasteiger partial charge in [-0.25, -0.2) is 4.39 Å². The van der Waals surface area contributed by atoms with E-state index in [0.717, 1.165) is 27.9 Å². The summed E-state index contributed by atoms with van der Waals surface area (Å²) in [5, 5.41) is 13.0. The van der Waals surface area contributed by atoms with E-state index >= 15 is 0 Å². The van der Waals surface area contributed by atoms with Gasteiger partial charge in [0.1, 0.15) is 5.82 Å². The zero-order chi connectivity index (χ0) is 31.9. The number of hydrogen-bond donors (Lipinski definition) is 1. The van der Waals surface area contributed by atoms with Crippen molar-refractivity contribution in [1.82, 2.24) is 19.6 Å². The number of alkyl halides is 3. The number of hydrogen-bond acceptors (Lipinski definition) is 5. The molecule has 2 heterocycles. The van der Waals surface area contributed by atoms with Crippen LogP contribution in [0.4, 0.5) is 17.6 Å². The molecule has 1 aliphatic heterocycles. The number of aromatic nitrogens is 2. The molecule has 236 valence electrons. The van der Waals surface area contributed by atoms with Crippen LogP contribution in [0.1, 0.15) is 91.7 Å². The second-order valence-electron chi connectivity index (χ2n) is 11.9. The summed E-state index contributed by atoms with van der Waals surface area (Å²) in [6, 6.07) is 0.696. The van der Waals surface area contributed by atoms with Crippen molar-refractivity contribution in [2.75, 3.05) is 19.6 Å². The summed E-state index contributed by atoms with van der Waals surface area (Å²) in [5.41, 5.74) is -3.21. The standard InChI is InChI=1S/C29H34Cl2F4N4O4/c1-16(2)37-10-6-18(7-11-37)38(15-23(40)24-21(30)12-17(32)13-22(24)31)26(41)20-14-36-39(25(20)29(33,34)35)19-4-8-28(3,9-5-19)27(42)43/h12-14,16,18-19H,4-11,15H2,1-3H3,(H,42,43). The Morgan fingerprint density at radius 3 is 2.14 bits per heavy atom. The molecule has 2 aromatic rings. The molecular formula is C29H34Cl2F4N4O4. The lowest BCUT2D eigenvalue weighted by Crippen LogP contribution is -2.50. The molecule has 1 saturated heterocycles. The lowest BCUT2D eigenvalue weighted by Gasteiger charge is -2.40. The van der Waals surface area contributed by atoms with Crippen LogP contribution in [0.3, 0.4) is 0 Å². The second kappa shape index (κ2) is 12.7. The third-order valence-corrected chi connectivity index (χ3v) is 9.34. The first-order chi connectivity index (χ1) is 20.0. The number of carboxylic acids is 1. The Labute approximate surface area is 256 Å². The predicted molar refractivity (Wildman–Crippen MR) is 152 cm³/mol. The van der Waals surface area contributed by atoms with E-state index < -0.39 is 65.0 Å². The van der Waals surface area contributed by atoms with Crippen molar-refractivity contribution in [1.29, 1.82) is 0 Å². The van der Waals surface area contributed by atoms with Gasteiger partial charge in [0.05, 0.1) is 45.4 Å². The molecule has 1 aliphatic carbocycles. The van der Waals surface area contributed by atoms with Crippen LogP contribution in [0.25, 0.3) is 0 Å². The number of Topliss-reactive ketones (excluding diaryl/α,β-unsaturated/α-hetero) is 1. The van der Waals surface area contributed by atoms with Crippen LogP contribution in [0.15, 0.2) is 18.3 Å². The molecule has 8 nitrogen and oxygen atoms in total. The van der Waals surface area contributed by atoms with Gasteiger partial charge in [-0.05, 0) is 71.4 Å². The van der Waals surface area contributed by atoms with E-state index in [1.165, 1.54) is 0 Å². The number of benzene rings is 1. The van der Waals surface area contributed by atoms with Crippen LogP contribution in [-0.4, -0.2) is 74.1 Å². The van der Waals surface area contributed by atoms with Gasteiger partial charge in [0.2, 0.25) is 0 Å². The van der Waals surface area contributed by atoms with Crippen LogP contribution in [0, 0.1) is 11.2 Å². The molecule has 2 aliphatic rings. The van der Waals surface area contributed by atoms with Crippen LogP contribution in [0.5, 0.6) is 0 Å². The predicted octanol–water partition coefficient (Wildman–Crippen LogP) is 6.75. The maximum atomic E-state index is 14.6. The summed E-state index contributed by atoms with van der Waals surface area (Å²) in [6.07, 6.45) is -2.69. The van der Waals surface area contributed by atoms with Crippen molar-refractivity contribution in [2.24, 2.45) is 5.41 Å². The average Bonchev–Trinajstić information content (AvgIpc) is 3.37. The molecule has 4 rings (SSSR count). The summed E-state index contributed by atoms with van der Waals surface area (Å²) >= 11 is 12.2. The topological polar surface area (TPSA) is 95.7 Å². The molecule has 1 N–H and O–H groups in total. The molecule has 1 aromatic heterocycles. The fourth-order valence-corrected chi connectivity index (χ4v) is 6.73. The number of ketones is 1. The fourth-order valence-electron chi connectivity index (χ4n) is 6.05. The molecule has 0 bridgehead atoms. The third-order valence-electron chi connectivity index (χ3n) is 8.75. The molecule has 0 radical (unpaired) electrons. The maximum Gasteiger partial charge on any atom is 0.433 e. The van der Waals surface area contributed by atoms with E-state index in [2.05, 4.69) is 10.00 Å². The van der Waals surface area contributed by atoms with Crippen LogP contribution >= 0.6 is 23.2 Å². The number of aliphatic carboxylic acids is 1. The van der Waals surface area contributed by atoms with Gasteiger partial charge in [0.25, 0.3) is 5.91 Å². The molecule has 0 spiro atoms. The van der Waals surface area contributed by atoms with Crippen LogP contribution < -0.4 is 0 Å². The summed E-state index contributed by atoms with van der Waals surface area (Å²) in [5.74, 6) is -3.54. The summed E-state index contributed by atoms with van der Waals surface area (Å²) in [6.45, 7) is 6.09. The van der Waals surface area contributed by atoms with Gasteiger partial charge in [-0.15, -0.1) is 0 Å². The first-order valence-electron chi connectivity index (χ1n) is 14.1. The van der Waals surface area contributed by atoms with Gasteiger partial charge in [-0.2, -0.15) is 18.3 Å². The number of halogens is 6. The van der Waals surface area contributed by atoms with Crippen molar-refractivity contribution in [3.05, 3.63) is 51.0 Å². The Kier molecular flexibility index (Phi) is 9.83. The molecule has 0 unspecified atom stereocenters. The fraction of sp³-hybridized carbons (Fsp3) is 0.586. The second-order valence-corrected chi connectivity index (χ2v) is 12.7. The molecule has 0 atom stereocenters. The number of carboxylic acid groups (broad SMARTS) is 1. The molecule has 2 fully saturated rings. The highest BCUT2D eigenvalue weighted by molar-refractivity contribution is 6.40. The van der Waals surface area contributed by atoms with Gasteiger partial charge in [0.15, 0.2) is 11.5 Å². The number of carbonyl (C=O) groups excluding carboxylic acids is 2. The van der Waals surface area contributed by atoms with Gasteiger partial charge in [-0.3, -0.25) is 19.1 Å². The van der Waals surface area contributed by atoms with Gasteiger partial charge >= 0.3 is 12.1 Å². The smallest absolute Gasteiger partial charge is 0.433 e. The number of amides is 1. The van der Waals surface area contributed by atoms with Crippen LogP contribution in [-0.2, 0) is 11.0 Å². The lowest BCUT2D eigenvalue weighted by atomic mass is 9.74. The van der Waals surface area contributed by atoms with E-state index in [0.29, 0.717) is 25.9 Å². The minimum Gasteiger partial charge on any atom is -0.481 e. The van der Waals surface area contributed by atoms with Gasteiger partial charge < -0.3 is 14.9 Å². The Bertz CT molecular complexity index is 1360. The van der Waals surface area contributed by atoms with E-state index in [9.17, 15) is 37.1 Å². The van der Waals surface area contributed by atoms with E-state index in [4.69, 9.17) is 23.2 Å². The third kappa shape index (κ3) is 7.01. The van der Waals surface area contributed by atoms with Crippen molar-refractivity contribution in [2.45, 2.75) is 83.6 Å². The quantitative estimate of drug-likeness (QED) is 0.251. The van der Waals surface area contributed by atoms with Crippen molar-refractivity contribution < 1.29 is 37.1 Å². The van der Waals surface area contributed by atoms with Crippen molar-refractivity contribution in [3.63, 3.8) is 0 Å². The maximum absolute atomic E-state index is 14.6. The first-order valence-corrected chi connectivity index (χ1v) is 14.9. The van der Waals surface area contributed by atoms with E-state index in [1.807, 2.05) is 13.8 Å². The molecule has 1 amide bonds. The highest BCUT2D eigenvalue weighted by atomic mass is 35.5. The van der Waals surface area contributed by atoms with Crippen molar-refractivity contribution in [3.8, 4) is 0 Å². The minimum absolute atomic E-state index is 0.138. The SMILES string of the molecule is CC(C)N1CCC(N(CC(=O)c2c(Cl)cc(F)cc2Cl)C(=O)c2cnn(C3CCC(C)(C(=O)O)CC3)c2C(F)(F)F)CC1. The largest absolute Gasteiger partial charge is 0.481 e. The molecule has 14 heteroatoms. The van der Waals surface area contributed by atoms with E-state index in [-0.39, 0.29) is 47.3 Å². The molecule has 1 saturated carbocycles. The normalized spacial score (nSPS) is 22.1. The summed E-state index contributed by atoms with van der Waals surface area (Å²) in [4.78, 5) is 42.4. The Balaban J connectivity index is 1.70. The number of rotatable bonds is 8. The van der Waals surface area contributed by atoms with E-state index in [1.54, 1.807) is 6.92 Å². The summed E-state index contributed by atoms with van der Waals surface area (Å²) in [7, 11) is 0. The number of piperidine rings is 1. The van der Waals surface area contributed by atoms with Gasteiger partial charge in [-0.1, -0.05) is 23.2 Å². The highest BCUT2D eigenvalue weighted by Gasteiger charge is 2.46. The monoisotopic (exact) mass is 648 g/mol. The zero-order valence-electron chi connectivity index (χ0n) is 24.1. The Morgan fingerprint density at radius 2 is 1.65 bits per heavy atom. The average molecular weight is 650 g/mol. The Hall–Kier alpha value is -2.70. The van der Waals surface area contributed by atoms with Crippen LogP contribution in [0.2, 0.25) is 10.0 Å². The summed E-state index contributed by atoms with van der Waals surface area (Å²) < 4.78 is 58.3. The zero-order valence-corrected chi connectivity index (χ0v) is 25.6. The minimum atomic E-state index is -4.96.